The summed E-state index contributed by atoms with van der Waals surface area (Å²) in [5.41, 5.74) is 0. The average Bonchev–Trinajstić information content (AvgIpc) is 2.48. The molecular weight excluding hydrogens is 311 g/mol. The van der Waals surface area contributed by atoms with Crippen LogP contribution in [-0.2, 0) is 0 Å². The van der Waals surface area contributed by atoms with Crippen molar-refractivity contribution in [3.8, 4) is 11.5 Å². The minimum Gasteiger partial charge on any atom is -0.492 e. The fourth-order valence-electron chi connectivity index (χ4n) is 2.69. The maximum atomic E-state index is 12.1. The molecule has 1 saturated heterocycles. The molecule has 130 valence electrons. The summed E-state index contributed by atoms with van der Waals surface area (Å²) in [5.74, 6) is 0.622. The monoisotopic (exact) mass is 333 g/mol. The molecule has 1 aromatic rings. The Hall–Kier alpha value is -1.47. The first kappa shape index (κ1) is 17.9. The molecule has 7 heteroatoms. The van der Waals surface area contributed by atoms with Crippen molar-refractivity contribution in [2.45, 2.75) is 32.2 Å². The third kappa shape index (κ3) is 6.27. The van der Waals surface area contributed by atoms with Gasteiger partial charge in [0.15, 0.2) is 0 Å². The lowest BCUT2D eigenvalue weighted by Crippen LogP contribution is -2.39. The first-order valence-electron chi connectivity index (χ1n) is 7.72. The number of hydrogen-bond donors (Lipinski definition) is 1. The molecule has 23 heavy (non-hydrogen) atoms. The molecule has 0 bridgehead atoms. The number of nitrogens with zero attached hydrogens (tertiary/aromatic N) is 1. The van der Waals surface area contributed by atoms with Gasteiger partial charge in [-0.2, -0.15) is 0 Å². The van der Waals surface area contributed by atoms with Crippen LogP contribution in [0.25, 0.3) is 0 Å². The van der Waals surface area contributed by atoms with Crippen LogP contribution in [0.15, 0.2) is 24.3 Å². The summed E-state index contributed by atoms with van der Waals surface area (Å²) in [7, 11) is 0. The summed E-state index contributed by atoms with van der Waals surface area (Å²) in [6, 6.07) is 5.38. The Kier molecular flexibility index (Phi) is 6.12. The summed E-state index contributed by atoms with van der Waals surface area (Å²) < 4.78 is 45.5. The van der Waals surface area contributed by atoms with Crippen LogP contribution in [0, 0.1) is 5.92 Å². The first-order valence-corrected chi connectivity index (χ1v) is 7.72. The molecule has 0 saturated carbocycles. The van der Waals surface area contributed by atoms with Crippen molar-refractivity contribution < 1.29 is 27.8 Å². The van der Waals surface area contributed by atoms with Crippen molar-refractivity contribution >= 4 is 0 Å². The number of likely N-dealkylation sites (tertiary alicyclic amines) is 1. The molecule has 1 fully saturated rings. The minimum absolute atomic E-state index is 0.258. The molecule has 1 unspecified atom stereocenters. The molecule has 0 spiro atoms. The van der Waals surface area contributed by atoms with E-state index in [4.69, 9.17) is 4.74 Å². The van der Waals surface area contributed by atoms with Gasteiger partial charge in [-0.3, -0.25) is 4.90 Å². The Labute approximate surface area is 133 Å². The highest BCUT2D eigenvalue weighted by atomic mass is 19.4. The van der Waals surface area contributed by atoms with Crippen LogP contribution >= 0.6 is 0 Å². The number of ether oxygens (including phenoxy) is 2. The second kappa shape index (κ2) is 7.88. The van der Waals surface area contributed by atoms with Crippen LogP contribution in [0.5, 0.6) is 11.5 Å². The van der Waals surface area contributed by atoms with Gasteiger partial charge in [0.1, 0.15) is 18.1 Å². The number of rotatable bonds is 6. The van der Waals surface area contributed by atoms with Gasteiger partial charge >= 0.3 is 6.36 Å². The molecular formula is C16H22F3NO3. The fraction of sp³-hybridized carbons (Fsp3) is 0.625. The average molecular weight is 333 g/mol. The van der Waals surface area contributed by atoms with Crippen LogP contribution in [0.1, 0.15) is 19.8 Å². The van der Waals surface area contributed by atoms with E-state index < -0.39 is 6.36 Å². The zero-order valence-electron chi connectivity index (χ0n) is 13.1. The van der Waals surface area contributed by atoms with E-state index in [9.17, 15) is 18.3 Å². The molecule has 0 aromatic heterocycles. The Morgan fingerprint density at radius 2 is 1.74 bits per heavy atom. The second-order valence-corrected chi connectivity index (χ2v) is 5.79. The molecule has 1 aliphatic heterocycles. The van der Waals surface area contributed by atoms with Crippen molar-refractivity contribution in [1.29, 1.82) is 0 Å². The Morgan fingerprint density at radius 3 is 2.26 bits per heavy atom. The standard InChI is InChI=1S/C16H22F3NO3/c1-12(21)13-6-8-20(9-7-13)10-11-22-14-2-4-15(5-3-14)23-16(17,18)19/h2-5,12-13,21H,6-11H2,1H3. The quantitative estimate of drug-likeness (QED) is 0.869. The van der Waals surface area contributed by atoms with Gasteiger partial charge in [0.25, 0.3) is 0 Å². The van der Waals surface area contributed by atoms with Crippen LogP contribution in [0.2, 0.25) is 0 Å². The summed E-state index contributed by atoms with van der Waals surface area (Å²) in [4.78, 5) is 2.26. The predicted octanol–water partition coefficient (Wildman–Crippen LogP) is 3.06. The van der Waals surface area contributed by atoms with Crippen LogP contribution in [0.3, 0.4) is 0 Å². The van der Waals surface area contributed by atoms with Crippen molar-refractivity contribution in [3.05, 3.63) is 24.3 Å². The number of halogens is 3. The van der Waals surface area contributed by atoms with Gasteiger partial charge in [-0.15, -0.1) is 13.2 Å². The normalized spacial score (nSPS) is 18.7. The predicted molar refractivity (Wildman–Crippen MR) is 79.5 cm³/mol. The summed E-state index contributed by atoms with van der Waals surface area (Å²) in [6.07, 6.45) is -2.99. The minimum atomic E-state index is -4.68. The molecule has 0 amide bonds. The van der Waals surface area contributed by atoms with E-state index >= 15 is 0 Å². The molecule has 1 N–H and O–H groups in total. The Morgan fingerprint density at radius 1 is 1.17 bits per heavy atom. The number of alkyl halides is 3. The van der Waals surface area contributed by atoms with E-state index in [-0.39, 0.29) is 11.9 Å². The maximum absolute atomic E-state index is 12.1. The number of hydrogen-bond acceptors (Lipinski definition) is 4. The number of piperidine rings is 1. The molecule has 0 aliphatic carbocycles. The highest BCUT2D eigenvalue weighted by Gasteiger charge is 2.31. The van der Waals surface area contributed by atoms with Gasteiger partial charge < -0.3 is 14.6 Å². The molecule has 1 heterocycles. The van der Waals surface area contributed by atoms with Crippen molar-refractivity contribution in [3.63, 3.8) is 0 Å². The number of aliphatic hydroxyl groups is 1. The maximum Gasteiger partial charge on any atom is 0.573 e. The highest BCUT2D eigenvalue weighted by Crippen LogP contribution is 2.25. The van der Waals surface area contributed by atoms with Crippen molar-refractivity contribution in [2.24, 2.45) is 5.92 Å². The van der Waals surface area contributed by atoms with Crippen LogP contribution in [-0.4, -0.2) is 48.7 Å². The van der Waals surface area contributed by atoms with Crippen LogP contribution in [0.4, 0.5) is 13.2 Å². The van der Waals surface area contributed by atoms with Crippen molar-refractivity contribution in [1.82, 2.24) is 4.90 Å². The zero-order valence-corrected chi connectivity index (χ0v) is 13.1. The van der Waals surface area contributed by atoms with E-state index in [1.807, 2.05) is 6.92 Å². The van der Waals surface area contributed by atoms with E-state index in [0.29, 0.717) is 18.3 Å². The first-order chi connectivity index (χ1) is 10.8. The molecule has 1 atom stereocenters. The largest absolute Gasteiger partial charge is 0.573 e. The Balaban J connectivity index is 1.69. The lowest BCUT2D eigenvalue weighted by Gasteiger charge is -2.33. The van der Waals surface area contributed by atoms with E-state index in [1.165, 1.54) is 24.3 Å². The topological polar surface area (TPSA) is 41.9 Å². The van der Waals surface area contributed by atoms with Gasteiger partial charge in [0, 0.05) is 6.54 Å². The second-order valence-electron chi connectivity index (χ2n) is 5.79. The summed E-state index contributed by atoms with van der Waals surface area (Å²) >= 11 is 0. The fourth-order valence-corrected chi connectivity index (χ4v) is 2.69. The molecule has 2 rings (SSSR count). The highest BCUT2D eigenvalue weighted by molar-refractivity contribution is 5.31. The van der Waals surface area contributed by atoms with Gasteiger partial charge in [0.05, 0.1) is 6.10 Å². The lowest BCUT2D eigenvalue weighted by atomic mass is 9.92. The number of benzene rings is 1. The molecule has 1 aromatic carbocycles. The molecule has 0 radical (unpaired) electrons. The third-order valence-corrected chi connectivity index (χ3v) is 4.05. The van der Waals surface area contributed by atoms with E-state index in [0.717, 1.165) is 32.5 Å². The van der Waals surface area contributed by atoms with Gasteiger partial charge in [-0.1, -0.05) is 0 Å². The van der Waals surface area contributed by atoms with Crippen LogP contribution < -0.4 is 9.47 Å². The van der Waals surface area contributed by atoms with E-state index in [1.54, 1.807) is 0 Å². The molecule has 1 aliphatic rings. The lowest BCUT2D eigenvalue weighted by molar-refractivity contribution is -0.274. The zero-order chi connectivity index (χ0) is 16.9. The van der Waals surface area contributed by atoms with Crippen molar-refractivity contribution in [2.75, 3.05) is 26.2 Å². The molecule has 4 nitrogen and oxygen atoms in total. The SMILES string of the molecule is CC(O)C1CCN(CCOc2ccc(OC(F)(F)F)cc2)CC1. The summed E-state index contributed by atoms with van der Waals surface area (Å²) in [5, 5.41) is 9.56. The van der Waals surface area contributed by atoms with Gasteiger partial charge in [-0.05, 0) is 63.0 Å². The Bertz CT molecular complexity index is 468. The van der Waals surface area contributed by atoms with Gasteiger partial charge in [0.2, 0.25) is 0 Å². The number of aliphatic hydroxyl groups excluding tert-OH is 1. The van der Waals surface area contributed by atoms with E-state index in [2.05, 4.69) is 9.64 Å². The smallest absolute Gasteiger partial charge is 0.492 e. The third-order valence-electron chi connectivity index (χ3n) is 4.05. The van der Waals surface area contributed by atoms with Gasteiger partial charge in [-0.25, -0.2) is 0 Å². The summed E-state index contributed by atoms with van der Waals surface area (Å²) in [6.45, 7) is 4.91.